The van der Waals surface area contributed by atoms with E-state index in [9.17, 15) is 13.2 Å². The van der Waals surface area contributed by atoms with Gasteiger partial charge in [0.05, 0.1) is 13.4 Å². The number of rotatable bonds is 9. The maximum atomic E-state index is 12.8. The van der Waals surface area contributed by atoms with Crippen LogP contribution in [0.2, 0.25) is 0 Å². The molecule has 1 amide bonds. The zero-order valence-corrected chi connectivity index (χ0v) is 18.0. The molecule has 0 heterocycles. The van der Waals surface area contributed by atoms with Crippen LogP contribution in [0.15, 0.2) is 54.6 Å². The molecule has 6 nitrogen and oxygen atoms in total. The van der Waals surface area contributed by atoms with Gasteiger partial charge in [-0.05, 0) is 35.3 Å². The minimum absolute atomic E-state index is 0.101. The highest BCUT2D eigenvalue weighted by molar-refractivity contribution is 7.86. The van der Waals surface area contributed by atoms with Crippen molar-refractivity contribution >= 4 is 22.1 Å². The molecule has 2 rings (SSSR count). The molecule has 0 N–H and O–H groups in total. The van der Waals surface area contributed by atoms with E-state index in [1.54, 1.807) is 35.3 Å². The molecule has 7 heteroatoms. The molecule has 2 aromatic carbocycles. The minimum atomic E-state index is -3.70. The third kappa shape index (κ3) is 7.62. The van der Waals surface area contributed by atoms with Gasteiger partial charge in [-0.2, -0.15) is 8.42 Å². The number of ether oxygens (including phenoxy) is 1. The third-order valence-electron chi connectivity index (χ3n) is 3.96. The highest BCUT2D eigenvalue weighted by Crippen LogP contribution is 2.29. The molecule has 0 unspecified atom stereocenters. The van der Waals surface area contributed by atoms with Crippen molar-refractivity contribution in [2.45, 2.75) is 20.4 Å². The van der Waals surface area contributed by atoms with E-state index in [-0.39, 0.29) is 17.6 Å². The van der Waals surface area contributed by atoms with Crippen LogP contribution in [0.25, 0.3) is 6.08 Å². The second-order valence-electron chi connectivity index (χ2n) is 7.13. The first-order valence-corrected chi connectivity index (χ1v) is 11.1. The Morgan fingerprint density at radius 3 is 2.38 bits per heavy atom. The molecular formula is C22H27NO5S. The Balaban J connectivity index is 2.24. The molecule has 0 bridgehead atoms. The number of carbonyl (C=O) groups is 1. The molecule has 0 aliphatic heterocycles. The summed E-state index contributed by atoms with van der Waals surface area (Å²) in [4.78, 5) is 14.5. The minimum Gasteiger partial charge on any atom is -0.493 e. The number of carbonyl (C=O) groups excluding carboxylic acids is 1. The molecule has 0 aromatic heterocycles. The molecule has 0 atom stereocenters. The molecule has 156 valence electrons. The van der Waals surface area contributed by atoms with E-state index in [1.807, 2.05) is 44.2 Å². The second-order valence-corrected chi connectivity index (χ2v) is 8.70. The summed E-state index contributed by atoms with van der Waals surface area (Å²) in [6.07, 6.45) is 4.30. The molecule has 0 aliphatic carbocycles. The first-order chi connectivity index (χ1) is 13.7. The van der Waals surface area contributed by atoms with Crippen LogP contribution in [-0.4, -0.2) is 39.1 Å². The summed E-state index contributed by atoms with van der Waals surface area (Å²) in [5, 5.41) is 0. The smallest absolute Gasteiger partial charge is 0.306 e. The lowest BCUT2D eigenvalue weighted by Crippen LogP contribution is -2.32. The van der Waals surface area contributed by atoms with Crippen molar-refractivity contribution < 1.29 is 22.1 Å². The highest BCUT2D eigenvalue weighted by atomic mass is 32.2. The van der Waals surface area contributed by atoms with E-state index in [0.29, 0.717) is 18.8 Å². The zero-order chi connectivity index (χ0) is 21.4. The Labute approximate surface area is 172 Å². The monoisotopic (exact) mass is 417 g/mol. The van der Waals surface area contributed by atoms with Crippen molar-refractivity contribution in [3.8, 4) is 11.5 Å². The van der Waals surface area contributed by atoms with Gasteiger partial charge in [0.2, 0.25) is 5.91 Å². The van der Waals surface area contributed by atoms with Gasteiger partial charge in [0.1, 0.15) is 0 Å². The quantitative estimate of drug-likeness (QED) is 0.459. The lowest BCUT2D eigenvalue weighted by molar-refractivity contribution is -0.127. The van der Waals surface area contributed by atoms with Crippen LogP contribution in [0.1, 0.15) is 25.0 Å². The molecule has 0 saturated heterocycles. The predicted molar refractivity (Wildman–Crippen MR) is 114 cm³/mol. The standard InChI is InChI=1S/C22H27NO5S/c1-17(2)15-23(22(24)13-11-18-8-6-5-7-9-18)16-19-10-12-20(27-3)21(14-19)28-29(4,25)26/h5-14,17H,15-16H2,1-4H3. The van der Waals surface area contributed by atoms with Gasteiger partial charge < -0.3 is 13.8 Å². The molecule has 0 aliphatic rings. The van der Waals surface area contributed by atoms with Crippen molar-refractivity contribution in [2.75, 3.05) is 19.9 Å². The van der Waals surface area contributed by atoms with Crippen LogP contribution in [0, 0.1) is 5.92 Å². The van der Waals surface area contributed by atoms with Gasteiger partial charge in [0, 0.05) is 19.2 Å². The van der Waals surface area contributed by atoms with Crippen molar-refractivity contribution in [1.82, 2.24) is 4.90 Å². The van der Waals surface area contributed by atoms with Crippen LogP contribution >= 0.6 is 0 Å². The Morgan fingerprint density at radius 2 is 1.79 bits per heavy atom. The summed E-state index contributed by atoms with van der Waals surface area (Å²) in [6, 6.07) is 14.6. The van der Waals surface area contributed by atoms with Gasteiger partial charge in [-0.25, -0.2) is 0 Å². The van der Waals surface area contributed by atoms with Gasteiger partial charge >= 0.3 is 10.1 Å². The van der Waals surface area contributed by atoms with Crippen molar-refractivity contribution in [3.63, 3.8) is 0 Å². The number of amides is 1. The molecule has 0 spiro atoms. The van der Waals surface area contributed by atoms with Crippen molar-refractivity contribution in [3.05, 3.63) is 65.7 Å². The van der Waals surface area contributed by atoms with Gasteiger partial charge in [-0.1, -0.05) is 50.2 Å². The van der Waals surface area contributed by atoms with Crippen LogP contribution in [0.3, 0.4) is 0 Å². The fraction of sp³-hybridized carbons (Fsp3) is 0.318. The Bertz CT molecular complexity index is 952. The molecular weight excluding hydrogens is 390 g/mol. The van der Waals surface area contributed by atoms with Crippen LogP contribution in [0.5, 0.6) is 11.5 Å². The lowest BCUT2D eigenvalue weighted by atomic mass is 10.1. The summed E-state index contributed by atoms with van der Waals surface area (Å²) in [5.41, 5.74) is 1.69. The van der Waals surface area contributed by atoms with Crippen molar-refractivity contribution in [1.29, 1.82) is 0 Å². The summed E-state index contributed by atoms with van der Waals surface area (Å²) in [5.74, 6) is 0.562. The van der Waals surface area contributed by atoms with Gasteiger partial charge in [-0.3, -0.25) is 4.79 Å². The number of benzene rings is 2. The normalized spacial score (nSPS) is 11.6. The number of hydrogen-bond donors (Lipinski definition) is 0. The Hall–Kier alpha value is -2.80. The maximum Gasteiger partial charge on any atom is 0.306 e. The number of hydrogen-bond acceptors (Lipinski definition) is 5. The third-order valence-corrected chi connectivity index (χ3v) is 4.44. The molecule has 0 saturated carbocycles. The second kappa shape index (κ2) is 10.1. The first kappa shape index (κ1) is 22.5. The van der Waals surface area contributed by atoms with Gasteiger partial charge in [0.15, 0.2) is 11.5 Å². The molecule has 0 fully saturated rings. The average Bonchev–Trinajstić information content (AvgIpc) is 2.65. The zero-order valence-electron chi connectivity index (χ0n) is 17.2. The fourth-order valence-electron chi connectivity index (χ4n) is 2.78. The highest BCUT2D eigenvalue weighted by Gasteiger charge is 2.16. The molecule has 0 radical (unpaired) electrons. The molecule has 29 heavy (non-hydrogen) atoms. The largest absolute Gasteiger partial charge is 0.493 e. The van der Waals surface area contributed by atoms with Crippen LogP contribution < -0.4 is 8.92 Å². The maximum absolute atomic E-state index is 12.8. The van der Waals surface area contributed by atoms with E-state index < -0.39 is 10.1 Å². The first-order valence-electron chi connectivity index (χ1n) is 9.26. The predicted octanol–water partition coefficient (Wildman–Crippen LogP) is 3.73. The summed E-state index contributed by atoms with van der Waals surface area (Å²) >= 11 is 0. The fourth-order valence-corrected chi connectivity index (χ4v) is 3.23. The van der Waals surface area contributed by atoms with E-state index in [1.165, 1.54) is 7.11 Å². The van der Waals surface area contributed by atoms with E-state index in [0.717, 1.165) is 17.4 Å². The average molecular weight is 418 g/mol. The SMILES string of the molecule is COc1ccc(CN(CC(C)C)C(=O)C=Cc2ccccc2)cc1OS(C)(=O)=O. The summed E-state index contributed by atoms with van der Waals surface area (Å²) in [6.45, 7) is 4.95. The summed E-state index contributed by atoms with van der Waals surface area (Å²) in [7, 11) is -2.26. The summed E-state index contributed by atoms with van der Waals surface area (Å²) < 4.78 is 33.2. The van der Waals surface area contributed by atoms with Crippen LogP contribution in [-0.2, 0) is 21.5 Å². The van der Waals surface area contributed by atoms with E-state index in [2.05, 4.69) is 0 Å². The topological polar surface area (TPSA) is 72.9 Å². The van der Waals surface area contributed by atoms with E-state index in [4.69, 9.17) is 8.92 Å². The molecule has 2 aromatic rings. The number of nitrogens with zero attached hydrogens (tertiary/aromatic N) is 1. The van der Waals surface area contributed by atoms with Gasteiger partial charge in [-0.15, -0.1) is 0 Å². The van der Waals surface area contributed by atoms with E-state index >= 15 is 0 Å². The lowest BCUT2D eigenvalue weighted by Gasteiger charge is -2.24. The van der Waals surface area contributed by atoms with Crippen molar-refractivity contribution in [2.24, 2.45) is 5.92 Å². The Kier molecular flexibility index (Phi) is 7.84. The number of methoxy groups -OCH3 is 1. The van der Waals surface area contributed by atoms with Crippen LogP contribution in [0.4, 0.5) is 0 Å². The Morgan fingerprint density at radius 1 is 1.10 bits per heavy atom. The van der Waals surface area contributed by atoms with Gasteiger partial charge in [0.25, 0.3) is 0 Å².